The first-order chi connectivity index (χ1) is 15.5. The number of fused-ring (bicyclic) bond motifs is 5. The van der Waals surface area contributed by atoms with Gasteiger partial charge in [-0.05, 0) is 54.6 Å². The Bertz CT molecular complexity index is 1630. The summed E-state index contributed by atoms with van der Waals surface area (Å²) >= 11 is 1.39. The number of aromatic nitrogens is 2. The van der Waals surface area contributed by atoms with Gasteiger partial charge in [-0.25, -0.2) is 14.2 Å². The van der Waals surface area contributed by atoms with Gasteiger partial charge >= 0.3 is 5.63 Å². The molecule has 5 aromatic rings. The maximum Gasteiger partial charge on any atom is 0.362 e. The zero-order valence-corrected chi connectivity index (χ0v) is 18.3. The zero-order chi connectivity index (χ0) is 22.4. The lowest BCUT2D eigenvalue weighted by atomic mass is 10.1. The highest BCUT2D eigenvalue weighted by molar-refractivity contribution is 7.98. The molecule has 7 heteroatoms. The minimum absolute atomic E-state index is 0.132. The number of thioether (sulfide) groups is 1. The minimum Gasteiger partial charge on any atom is -0.402 e. The fraction of sp³-hybridized carbons (Fsp3) is 0.160. The first-order valence-corrected chi connectivity index (χ1v) is 11.4. The van der Waals surface area contributed by atoms with Gasteiger partial charge in [-0.1, -0.05) is 13.0 Å². The lowest BCUT2D eigenvalue weighted by Crippen LogP contribution is -2.10. The lowest BCUT2D eigenvalue weighted by molar-refractivity contribution is 0.552. The molecule has 0 fully saturated rings. The summed E-state index contributed by atoms with van der Waals surface area (Å²) in [4.78, 5) is 18.0. The fourth-order valence-electron chi connectivity index (χ4n) is 4.21. The van der Waals surface area contributed by atoms with E-state index in [2.05, 4.69) is 18.0 Å². The maximum absolute atomic E-state index is 14.9. The number of hydrogen-bond acceptors (Lipinski definition) is 5. The third kappa shape index (κ3) is 3.07. The third-order valence-corrected chi connectivity index (χ3v) is 6.55. The van der Waals surface area contributed by atoms with Crippen LogP contribution in [0, 0.1) is 17.1 Å². The summed E-state index contributed by atoms with van der Waals surface area (Å²) in [6.45, 7) is 2.21. The van der Waals surface area contributed by atoms with Crippen molar-refractivity contribution in [2.75, 3.05) is 6.26 Å². The molecule has 0 aliphatic heterocycles. The lowest BCUT2D eigenvalue weighted by Gasteiger charge is -2.11. The summed E-state index contributed by atoms with van der Waals surface area (Å²) < 4.78 is 22.3. The van der Waals surface area contributed by atoms with Gasteiger partial charge in [0.15, 0.2) is 0 Å². The Kier molecular flexibility index (Phi) is 4.95. The summed E-state index contributed by atoms with van der Waals surface area (Å²) in [6.07, 6.45) is 4.28. The number of aryl methyl sites for hydroxylation is 1. The number of halogens is 1. The van der Waals surface area contributed by atoms with Crippen molar-refractivity contribution in [1.82, 2.24) is 9.55 Å². The van der Waals surface area contributed by atoms with E-state index in [1.54, 1.807) is 22.9 Å². The van der Waals surface area contributed by atoms with Crippen LogP contribution in [0.3, 0.4) is 0 Å². The predicted molar refractivity (Wildman–Crippen MR) is 125 cm³/mol. The molecule has 0 atom stereocenters. The molecule has 0 unspecified atom stereocenters. The van der Waals surface area contributed by atoms with E-state index in [4.69, 9.17) is 4.42 Å². The molecule has 0 bridgehead atoms. The highest BCUT2D eigenvalue weighted by Gasteiger charge is 2.20. The van der Waals surface area contributed by atoms with Gasteiger partial charge in [0.2, 0.25) is 5.71 Å². The molecule has 0 aliphatic carbocycles. The van der Waals surface area contributed by atoms with E-state index in [1.807, 2.05) is 30.5 Å². The Hall–Kier alpha value is -3.63. The fourth-order valence-corrected chi connectivity index (χ4v) is 4.80. The van der Waals surface area contributed by atoms with Gasteiger partial charge in [0.05, 0.1) is 12.1 Å². The van der Waals surface area contributed by atoms with Crippen LogP contribution in [0.4, 0.5) is 4.39 Å². The van der Waals surface area contributed by atoms with Crippen LogP contribution < -0.4 is 5.63 Å². The molecule has 0 radical (unpaired) electrons. The van der Waals surface area contributed by atoms with E-state index in [0.29, 0.717) is 21.5 Å². The molecular weight excluding hydrogens is 425 g/mol. The Morgan fingerprint density at radius 1 is 1.22 bits per heavy atom. The Balaban J connectivity index is 1.87. The molecule has 0 saturated heterocycles. The quantitative estimate of drug-likeness (QED) is 0.336. The normalized spacial score (nSPS) is 11.4. The van der Waals surface area contributed by atoms with Gasteiger partial charge in [-0.2, -0.15) is 5.26 Å². The van der Waals surface area contributed by atoms with Crippen LogP contribution in [0.5, 0.6) is 0 Å². The second-order valence-corrected chi connectivity index (χ2v) is 8.36. The monoisotopic (exact) mass is 443 g/mol. The molecule has 0 spiro atoms. The summed E-state index contributed by atoms with van der Waals surface area (Å²) in [7, 11) is 0. The average molecular weight is 444 g/mol. The molecule has 0 N–H and O–H groups in total. The Morgan fingerprint density at radius 3 is 2.81 bits per heavy atom. The van der Waals surface area contributed by atoms with Crippen molar-refractivity contribution >= 4 is 44.7 Å². The molecule has 5 rings (SSSR count). The molecular formula is C25H18FN3O2S. The number of rotatable bonds is 4. The number of benzene rings is 2. The summed E-state index contributed by atoms with van der Waals surface area (Å²) in [6, 6.07) is 14.7. The van der Waals surface area contributed by atoms with Crippen molar-refractivity contribution < 1.29 is 8.81 Å². The van der Waals surface area contributed by atoms with Crippen LogP contribution in [-0.4, -0.2) is 15.8 Å². The first kappa shape index (κ1) is 20.3. The summed E-state index contributed by atoms with van der Waals surface area (Å²) in [5.41, 5.74) is 2.79. The number of pyridine rings is 1. The van der Waals surface area contributed by atoms with Gasteiger partial charge < -0.3 is 8.98 Å². The average Bonchev–Trinajstić information content (AvgIpc) is 3.14. The molecule has 3 aromatic heterocycles. The van der Waals surface area contributed by atoms with Gasteiger partial charge in [0.1, 0.15) is 17.4 Å². The highest BCUT2D eigenvalue weighted by atomic mass is 32.2. The number of hydrogen-bond donors (Lipinski definition) is 0. The standard InChI is InChI=1S/C25H18FN3O2S/c1-3-14-6-7-20-18(9-14)22-17-5-4-8-28-24(17)31-25(30)23(22)29(20)13-16-11-21(32-2)15(12-27)10-19(16)26/h4-11H,3,13H2,1-2H3. The van der Waals surface area contributed by atoms with Crippen molar-refractivity contribution in [1.29, 1.82) is 5.26 Å². The predicted octanol–water partition coefficient (Wildman–Crippen LogP) is 5.64. The van der Waals surface area contributed by atoms with E-state index in [1.165, 1.54) is 17.8 Å². The van der Waals surface area contributed by atoms with Crippen molar-refractivity contribution in [3.05, 3.63) is 81.6 Å². The minimum atomic E-state index is -0.514. The van der Waals surface area contributed by atoms with Crippen LogP contribution in [-0.2, 0) is 13.0 Å². The van der Waals surface area contributed by atoms with E-state index in [0.717, 1.165) is 33.7 Å². The zero-order valence-electron chi connectivity index (χ0n) is 17.5. The van der Waals surface area contributed by atoms with E-state index >= 15 is 0 Å². The van der Waals surface area contributed by atoms with E-state index < -0.39 is 11.4 Å². The van der Waals surface area contributed by atoms with Crippen LogP contribution in [0.15, 0.2) is 62.8 Å². The summed E-state index contributed by atoms with van der Waals surface area (Å²) in [5, 5.41) is 11.7. The third-order valence-electron chi connectivity index (χ3n) is 5.78. The van der Waals surface area contributed by atoms with Gasteiger partial charge in [-0.15, -0.1) is 11.8 Å². The molecule has 5 nitrogen and oxygen atoms in total. The first-order valence-electron chi connectivity index (χ1n) is 10.1. The molecule has 0 amide bonds. The van der Waals surface area contributed by atoms with Crippen LogP contribution in [0.2, 0.25) is 0 Å². The van der Waals surface area contributed by atoms with Gasteiger partial charge in [0, 0.05) is 38.3 Å². The number of nitrogens with zero attached hydrogens (tertiary/aromatic N) is 3. The molecule has 0 saturated carbocycles. The Labute approximate surface area is 187 Å². The van der Waals surface area contributed by atoms with Crippen LogP contribution in [0.1, 0.15) is 23.6 Å². The molecule has 158 valence electrons. The Morgan fingerprint density at radius 2 is 2.06 bits per heavy atom. The van der Waals surface area contributed by atoms with Crippen molar-refractivity contribution in [3.63, 3.8) is 0 Å². The van der Waals surface area contributed by atoms with Gasteiger partial charge in [0.25, 0.3) is 0 Å². The van der Waals surface area contributed by atoms with E-state index in [9.17, 15) is 14.4 Å². The largest absolute Gasteiger partial charge is 0.402 e. The molecule has 0 aliphatic rings. The smallest absolute Gasteiger partial charge is 0.362 e. The molecule has 2 aromatic carbocycles. The van der Waals surface area contributed by atoms with Gasteiger partial charge in [-0.3, -0.25) is 0 Å². The van der Waals surface area contributed by atoms with Crippen LogP contribution in [0.25, 0.3) is 32.9 Å². The van der Waals surface area contributed by atoms with Crippen molar-refractivity contribution in [3.8, 4) is 6.07 Å². The van der Waals surface area contributed by atoms with Crippen molar-refractivity contribution in [2.45, 2.75) is 24.8 Å². The van der Waals surface area contributed by atoms with Crippen molar-refractivity contribution in [2.24, 2.45) is 0 Å². The van der Waals surface area contributed by atoms with Crippen LogP contribution >= 0.6 is 11.8 Å². The summed E-state index contributed by atoms with van der Waals surface area (Å²) in [5.74, 6) is -0.480. The van der Waals surface area contributed by atoms with E-state index in [-0.39, 0.29) is 12.3 Å². The second-order valence-electron chi connectivity index (χ2n) is 7.52. The second kappa shape index (κ2) is 7.81. The number of nitriles is 1. The highest BCUT2D eigenvalue weighted by Crippen LogP contribution is 2.34. The topological polar surface area (TPSA) is 71.8 Å². The maximum atomic E-state index is 14.9. The SMILES string of the molecule is CCc1ccc2c(c1)c1c3cccnc3oc(=O)c1n2Cc1cc(SC)c(C#N)cc1F. The molecule has 32 heavy (non-hydrogen) atoms. The molecule has 3 heterocycles.